The van der Waals surface area contributed by atoms with E-state index in [1.54, 1.807) is 12.1 Å². The van der Waals surface area contributed by atoms with E-state index in [4.69, 9.17) is 10.5 Å². The molecule has 0 fully saturated rings. The number of benzene rings is 1. The van der Waals surface area contributed by atoms with Gasteiger partial charge < -0.3 is 10.5 Å². The summed E-state index contributed by atoms with van der Waals surface area (Å²) in [6.45, 7) is 0. The van der Waals surface area contributed by atoms with Gasteiger partial charge in [0.25, 0.3) is 5.91 Å². The summed E-state index contributed by atoms with van der Waals surface area (Å²) in [6.07, 6.45) is 1.47. The monoisotopic (exact) mass is 246 g/mol. The molecule has 5 heteroatoms. The van der Waals surface area contributed by atoms with Crippen molar-refractivity contribution in [3.63, 3.8) is 0 Å². The molecule has 2 N–H and O–H groups in total. The Balaban J connectivity index is 2.73. The number of rotatable bonds is 3. The third kappa shape index (κ3) is 2.02. The van der Waals surface area contributed by atoms with E-state index in [0.29, 0.717) is 5.75 Å². The Kier molecular flexibility index (Phi) is 3.23. The van der Waals surface area contributed by atoms with E-state index in [9.17, 15) is 9.18 Å². The first kappa shape index (κ1) is 12.0. The zero-order valence-corrected chi connectivity index (χ0v) is 9.68. The standard InChI is InChI=1S/C13H11FN2O2/c1-18-10-6-2-5-9(14)11(10)12-8(13(15)17)4-3-7-16-12/h2-7H,1H3,(H2,15,17). The molecule has 1 aromatic carbocycles. The highest BCUT2D eigenvalue weighted by atomic mass is 19.1. The van der Waals surface area contributed by atoms with Gasteiger partial charge in [-0.15, -0.1) is 0 Å². The molecule has 0 spiro atoms. The van der Waals surface area contributed by atoms with Crippen LogP contribution in [-0.4, -0.2) is 18.0 Å². The van der Waals surface area contributed by atoms with Crippen LogP contribution in [0.25, 0.3) is 11.3 Å². The number of halogens is 1. The molecule has 0 aliphatic carbocycles. The van der Waals surface area contributed by atoms with Crippen LogP contribution < -0.4 is 10.5 Å². The minimum atomic E-state index is -0.664. The molecule has 0 aliphatic heterocycles. The highest BCUT2D eigenvalue weighted by Gasteiger charge is 2.18. The van der Waals surface area contributed by atoms with Gasteiger partial charge in [-0.05, 0) is 24.3 Å². The Hall–Kier alpha value is -2.43. The molecular formula is C13H11FN2O2. The van der Waals surface area contributed by atoms with Crippen LogP contribution in [0.5, 0.6) is 5.75 Å². The summed E-state index contributed by atoms with van der Waals surface area (Å²) in [5.74, 6) is -0.879. The van der Waals surface area contributed by atoms with E-state index in [1.807, 2.05) is 0 Å². The molecule has 0 atom stereocenters. The van der Waals surface area contributed by atoms with Crippen molar-refractivity contribution in [1.29, 1.82) is 0 Å². The van der Waals surface area contributed by atoms with Crippen LogP contribution in [0.3, 0.4) is 0 Å². The molecule has 1 amide bonds. The van der Waals surface area contributed by atoms with Crippen molar-refractivity contribution in [2.45, 2.75) is 0 Å². The number of methoxy groups -OCH3 is 1. The maximum atomic E-state index is 13.9. The molecule has 0 unspecified atom stereocenters. The maximum absolute atomic E-state index is 13.9. The lowest BCUT2D eigenvalue weighted by Crippen LogP contribution is -2.13. The molecule has 0 saturated heterocycles. The van der Waals surface area contributed by atoms with Gasteiger partial charge in [0.1, 0.15) is 11.6 Å². The number of ether oxygens (including phenoxy) is 1. The minimum absolute atomic E-state index is 0.134. The van der Waals surface area contributed by atoms with Crippen molar-refractivity contribution in [1.82, 2.24) is 4.98 Å². The van der Waals surface area contributed by atoms with Crippen LogP contribution in [0.2, 0.25) is 0 Å². The summed E-state index contributed by atoms with van der Waals surface area (Å²) >= 11 is 0. The van der Waals surface area contributed by atoms with Gasteiger partial charge in [-0.3, -0.25) is 9.78 Å². The first-order chi connectivity index (χ1) is 8.65. The normalized spacial score (nSPS) is 10.1. The van der Waals surface area contributed by atoms with E-state index >= 15 is 0 Å². The zero-order valence-electron chi connectivity index (χ0n) is 9.68. The average molecular weight is 246 g/mol. The number of nitrogens with zero attached hydrogens (tertiary/aromatic N) is 1. The van der Waals surface area contributed by atoms with Crippen molar-refractivity contribution >= 4 is 5.91 Å². The molecule has 18 heavy (non-hydrogen) atoms. The number of amides is 1. The van der Waals surface area contributed by atoms with E-state index in [2.05, 4.69) is 4.98 Å². The first-order valence-electron chi connectivity index (χ1n) is 5.23. The summed E-state index contributed by atoms with van der Waals surface area (Å²) in [4.78, 5) is 15.3. The van der Waals surface area contributed by atoms with Gasteiger partial charge in [0.05, 0.1) is 23.9 Å². The predicted octanol–water partition coefficient (Wildman–Crippen LogP) is 2.00. The Bertz CT molecular complexity index is 599. The van der Waals surface area contributed by atoms with Crippen LogP contribution in [-0.2, 0) is 0 Å². The Morgan fingerprint density at radius 1 is 1.33 bits per heavy atom. The second kappa shape index (κ2) is 4.83. The van der Waals surface area contributed by atoms with Gasteiger partial charge in [-0.1, -0.05) is 6.07 Å². The lowest BCUT2D eigenvalue weighted by molar-refractivity contribution is 0.100. The number of hydrogen-bond acceptors (Lipinski definition) is 3. The van der Waals surface area contributed by atoms with Crippen molar-refractivity contribution in [3.05, 3.63) is 47.9 Å². The number of pyridine rings is 1. The van der Waals surface area contributed by atoms with Gasteiger partial charge in [0, 0.05) is 6.20 Å². The molecule has 1 aromatic heterocycles. The second-order valence-electron chi connectivity index (χ2n) is 3.58. The van der Waals surface area contributed by atoms with E-state index in [1.165, 1.54) is 31.5 Å². The zero-order chi connectivity index (χ0) is 13.1. The fraction of sp³-hybridized carbons (Fsp3) is 0.0769. The van der Waals surface area contributed by atoms with Crippen LogP contribution >= 0.6 is 0 Å². The van der Waals surface area contributed by atoms with Crippen LogP contribution in [0.15, 0.2) is 36.5 Å². The number of primary amides is 1. The molecule has 2 aromatic rings. The molecule has 0 radical (unpaired) electrons. The Labute approximate surface area is 103 Å². The third-order valence-electron chi connectivity index (χ3n) is 2.51. The number of carbonyl (C=O) groups is 1. The largest absolute Gasteiger partial charge is 0.496 e. The number of aromatic nitrogens is 1. The van der Waals surface area contributed by atoms with E-state index < -0.39 is 11.7 Å². The quantitative estimate of drug-likeness (QED) is 0.900. The lowest BCUT2D eigenvalue weighted by Gasteiger charge is -2.11. The summed E-state index contributed by atoms with van der Waals surface area (Å²) < 4.78 is 19.0. The van der Waals surface area contributed by atoms with Crippen molar-refractivity contribution in [2.24, 2.45) is 5.73 Å². The highest BCUT2D eigenvalue weighted by molar-refractivity contribution is 5.99. The molecular weight excluding hydrogens is 235 g/mol. The third-order valence-corrected chi connectivity index (χ3v) is 2.51. The molecule has 0 bridgehead atoms. The van der Waals surface area contributed by atoms with E-state index in [-0.39, 0.29) is 16.8 Å². The summed E-state index contributed by atoms with van der Waals surface area (Å²) in [6, 6.07) is 7.45. The molecule has 0 saturated carbocycles. The second-order valence-corrected chi connectivity index (χ2v) is 3.58. The van der Waals surface area contributed by atoms with Gasteiger partial charge in [-0.2, -0.15) is 0 Å². The molecule has 92 valence electrons. The van der Waals surface area contributed by atoms with Gasteiger partial charge in [-0.25, -0.2) is 4.39 Å². The SMILES string of the molecule is COc1cccc(F)c1-c1ncccc1C(N)=O. The molecule has 1 heterocycles. The predicted molar refractivity (Wildman–Crippen MR) is 64.7 cm³/mol. The van der Waals surface area contributed by atoms with Gasteiger partial charge in [0.2, 0.25) is 0 Å². The van der Waals surface area contributed by atoms with Crippen molar-refractivity contribution in [3.8, 4) is 17.0 Å². The highest BCUT2D eigenvalue weighted by Crippen LogP contribution is 2.32. The molecule has 4 nitrogen and oxygen atoms in total. The van der Waals surface area contributed by atoms with Crippen LogP contribution in [0, 0.1) is 5.82 Å². The smallest absolute Gasteiger partial charge is 0.250 e. The maximum Gasteiger partial charge on any atom is 0.250 e. The average Bonchev–Trinajstić information content (AvgIpc) is 2.38. The van der Waals surface area contributed by atoms with Gasteiger partial charge >= 0.3 is 0 Å². The van der Waals surface area contributed by atoms with Crippen molar-refractivity contribution < 1.29 is 13.9 Å². The summed E-state index contributed by atoms with van der Waals surface area (Å²) in [5.41, 5.74) is 5.72. The van der Waals surface area contributed by atoms with Crippen LogP contribution in [0.1, 0.15) is 10.4 Å². The molecule has 0 aliphatic rings. The number of hydrogen-bond donors (Lipinski definition) is 1. The number of carbonyl (C=O) groups excluding carboxylic acids is 1. The summed E-state index contributed by atoms with van der Waals surface area (Å²) in [5, 5.41) is 0. The van der Waals surface area contributed by atoms with E-state index in [0.717, 1.165) is 0 Å². The number of nitrogens with two attached hydrogens (primary N) is 1. The summed E-state index contributed by atoms with van der Waals surface area (Å²) in [7, 11) is 1.42. The fourth-order valence-electron chi connectivity index (χ4n) is 1.71. The topological polar surface area (TPSA) is 65.2 Å². The Morgan fingerprint density at radius 3 is 2.78 bits per heavy atom. The fourth-order valence-corrected chi connectivity index (χ4v) is 1.71. The van der Waals surface area contributed by atoms with Gasteiger partial charge in [0.15, 0.2) is 0 Å². The minimum Gasteiger partial charge on any atom is -0.496 e. The van der Waals surface area contributed by atoms with Crippen LogP contribution in [0.4, 0.5) is 4.39 Å². The van der Waals surface area contributed by atoms with Crippen molar-refractivity contribution in [2.75, 3.05) is 7.11 Å². The Morgan fingerprint density at radius 2 is 2.11 bits per heavy atom. The first-order valence-corrected chi connectivity index (χ1v) is 5.23. The lowest BCUT2D eigenvalue weighted by atomic mass is 10.0. The molecule has 2 rings (SSSR count).